The van der Waals surface area contributed by atoms with Crippen molar-refractivity contribution >= 4 is 27.7 Å². The van der Waals surface area contributed by atoms with E-state index in [0.717, 1.165) is 5.56 Å². The van der Waals surface area contributed by atoms with Gasteiger partial charge >= 0.3 is 5.97 Å². The Bertz CT molecular complexity index is 356. The number of hydrogen-bond donors (Lipinski definition) is 3. The first-order valence-electron chi connectivity index (χ1n) is 3.89. The van der Waals surface area contributed by atoms with Crippen molar-refractivity contribution in [3.8, 4) is 0 Å². The molecule has 0 bridgehead atoms. The van der Waals surface area contributed by atoms with E-state index in [1.165, 1.54) is 6.20 Å². The third kappa shape index (κ3) is 2.68. The van der Waals surface area contributed by atoms with Crippen molar-refractivity contribution in [3.05, 3.63) is 22.3 Å². The van der Waals surface area contributed by atoms with E-state index < -0.39 is 12.0 Å². The van der Waals surface area contributed by atoms with Gasteiger partial charge in [-0.15, -0.1) is 0 Å². The Labute approximate surface area is 89.2 Å². The minimum atomic E-state index is -1.03. The Balaban J connectivity index is 2.85. The number of carboxylic acid groups (broad SMARTS) is 1. The van der Waals surface area contributed by atoms with Gasteiger partial charge in [0, 0.05) is 10.7 Å². The summed E-state index contributed by atoms with van der Waals surface area (Å²) in [5, 5.41) is 8.62. The molecule has 0 spiro atoms. The molecule has 0 amide bonds. The molecule has 6 heteroatoms. The topological polar surface area (TPSA) is 102 Å². The molecule has 1 atom stereocenters. The minimum Gasteiger partial charge on any atom is -0.480 e. The highest BCUT2D eigenvalue weighted by Gasteiger charge is 2.14. The van der Waals surface area contributed by atoms with Gasteiger partial charge in [0.25, 0.3) is 0 Å². The number of carbonyl (C=O) groups is 1. The molecule has 14 heavy (non-hydrogen) atoms. The van der Waals surface area contributed by atoms with Gasteiger partial charge in [-0.1, -0.05) is 0 Å². The molecule has 1 aromatic rings. The van der Waals surface area contributed by atoms with Crippen LogP contribution < -0.4 is 11.5 Å². The molecule has 0 aromatic carbocycles. The van der Waals surface area contributed by atoms with Crippen LogP contribution in [0.1, 0.15) is 5.56 Å². The van der Waals surface area contributed by atoms with Gasteiger partial charge in [-0.2, -0.15) is 0 Å². The molecule has 76 valence electrons. The van der Waals surface area contributed by atoms with Crippen molar-refractivity contribution in [1.82, 2.24) is 4.98 Å². The number of aromatic nitrogens is 1. The van der Waals surface area contributed by atoms with Gasteiger partial charge in [0.15, 0.2) is 0 Å². The van der Waals surface area contributed by atoms with Crippen LogP contribution in [-0.4, -0.2) is 22.1 Å². The number of anilines is 1. The van der Waals surface area contributed by atoms with Crippen LogP contribution in [-0.2, 0) is 11.2 Å². The fourth-order valence-corrected chi connectivity index (χ4v) is 1.36. The van der Waals surface area contributed by atoms with Crippen molar-refractivity contribution in [2.24, 2.45) is 5.73 Å². The lowest BCUT2D eigenvalue weighted by Gasteiger charge is -2.08. The zero-order valence-electron chi connectivity index (χ0n) is 7.27. The second-order valence-electron chi connectivity index (χ2n) is 2.85. The summed E-state index contributed by atoms with van der Waals surface area (Å²) in [4.78, 5) is 14.3. The van der Waals surface area contributed by atoms with Gasteiger partial charge in [0.2, 0.25) is 0 Å². The lowest BCUT2D eigenvalue weighted by molar-refractivity contribution is -0.138. The summed E-state index contributed by atoms with van der Waals surface area (Å²) in [5.74, 6) is -0.687. The molecule has 0 aliphatic carbocycles. The Morgan fingerprint density at radius 3 is 2.93 bits per heavy atom. The lowest BCUT2D eigenvalue weighted by atomic mass is 10.1. The largest absolute Gasteiger partial charge is 0.480 e. The number of rotatable bonds is 3. The predicted molar refractivity (Wildman–Crippen MR) is 55.7 cm³/mol. The highest BCUT2D eigenvalue weighted by molar-refractivity contribution is 9.10. The molecule has 0 saturated carbocycles. The molecule has 1 aromatic heterocycles. The molecular formula is C8H10BrN3O2. The van der Waals surface area contributed by atoms with Crippen LogP contribution in [0.15, 0.2) is 16.7 Å². The number of nitrogens with two attached hydrogens (primary N) is 2. The summed E-state index contributed by atoms with van der Waals surface area (Å²) in [6.07, 6.45) is 1.75. The zero-order valence-corrected chi connectivity index (χ0v) is 8.86. The summed E-state index contributed by atoms with van der Waals surface area (Å²) < 4.78 is 0.711. The number of aliphatic carboxylic acids is 1. The predicted octanol–water partition coefficient (Wildman–Crippen LogP) is 0.381. The maximum absolute atomic E-state index is 10.5. The van der Waals surface area contributed by atoms with Crippen LogP contribution in [0.4, 0.5) is 5.82 Å². The first-order valence-corrected chi connectivity index (χ1v) is 4.68. The van der Waals surface area contributed by atoms with Gasteiger partial charge < -0.3 is 16.6 Å². The third-order valence-electron chi connectivity index (χ3n) is 1.71. The first-order chi connectivity index (χ1) is 6.50. The fraction of sp³-hybridized carbons (Fsp3) is 0.250. The molecule has 5 N–H and O–H groups in total. The molecular weight excluding hydrogens is 250 g/mol. The third-order valence-corrected chi connectivity index (χ3v) is 2.43. The van der Waals surface area contributed by atoms with E-state index in [1.807, 2.05) is 0 Å². The van der Waals surface area contributed by atoms with E-state index >= 15 is 0 Å². The normalized spacial score (nSPS) is 12.4. The van der Waals surface area contributed by atoms with E-state index in [9.17, 15) is 4.79 Å². The Hall–Kier alpha value is -1.14. The SMILES string of the molecule is Nc1cc(CC(N)C(=O)O)c(Br)cn1. The molecule has 5 nitrogen and oxygen atoms in total. The van der Waals surface area contributed by atoms with E-state index in [0.29, 0.717) is 10.3 Å². The number of nitrogens with zero attached hydrogens (tertiary/aromatic N) is 1. The number of nitrogen functional groups attached to an aromatic ring is 1. The van der Waals surface area contributed by atoms with Crippen LogP contribution in [0.3, 0.4) is 0 Å². The van der Waals surface area contributed by atoms with Crippen molar-refractivity contribution in [2.75, 3.05) is 5.73 Å². The van der Waals surface area contributed by atoms with Crippen LogP contribution in [0.5, 0.6) is 0 Å². The molecule has 0 aliphatic heterocycles. The average molecular weight is 260 g/mol. The van der Waals surface area contributed by atoms with Crippen molar-refractivity contribution in [3.63, 3.8) is 0 Å². The Morgan fingerprint density at radius 1 is 1.71 bits per heavy atom. The van der Waals surface area contributed by atoms with Gasteiger partial charge in [-0.3, -0.25) is 4.79 Å². The van der Waals surface area contributed by atoms with E-state index in [4.69, 9.17) is 16.6 Å². The number of hydrogen-bond acceptors (Lipinski definition) is 4. The molecule has 0 fully saturated rings. The summed E-state index contributed by atoms with van der Waals surface area (Å²) in [5.41, 5.74) is 11.6. The second-order valence-corrected chi connectivity index (χ2v) is 3.70. The maximum atomic E-state index is 10.5. The fourth-order valence-electron chi connectivity index (χ4n) is 0.980. The van der Waals surface area contributed by atoms with E-state index in [1.54, 1.807) is 6.07 Å². The number of halogens is 1. The summed E-state index contributed by atoms with van der Waals surface area (Å²) in [6.45, 7) is 0. The molecule has 0 radical (unpaired) electrons. The van der Waals surface area contributed by atoms with Gasteiger partial charge in [0.1, 0.15) is 11.9 Å². The molecule has 1 heterocycles. The molecule has 0 saturated heterocycles. The smallest absolute Gasteiger partial charge is 0.320 e. The van der Waals surface area contributed by atoms with Crippen LogP contribution in [0, 0.1) is 0 Å². The van der Waals surface area contributed by atoms with Crippen molar-refractivity contribution in [1.29, 1.82) is 0 Å². The monoisotopic (exact) mass is 259 g/mol. The van der Waals surface area contributed by atoms with Crippen molar-refractivity contribution in [2.45, 2.75) is 12.5 Å². The quantitative estimate of drug-likeness (QED) is 0.729. The second kappa shape index (κ2) is 4.39. The van der Waals surface area contributed by atoms with Gasteiger partial charge in [-0.05, 0) is 34.0 Å². The van der Waals surface area contributed by atoms with Crippen molar-refractivity contribution < 1.29 is 9.90 Å². The standard InChI is InChI=1S/C8H10BrN3O2/c9-5-3-12-7(11)2-4(5)1-6(10)8(13)14/h2-3,6H,1,10H2,(H2,11,12)(H,13,14). The summed E-state index contributed by atoms with van der Waals surface area (Å²) in [6, 6.07) is 0.681. The minimum absolute atomic E-state index is 0.225. The van der Waals surface area contributed by atoms with Gasteiger partial charge in [-0.25, -0.2) is 4.98 Å². The van der Waals surface area contributed by atoms with Gasteiger partial charge in [0.05, 0.1) is 0 Å². The Morgan fingerprint density at radius 2 is 2.36 bits per heavy atom. The average Bonchev–Trinajstić information content (AvgIpc) is 2.11. The lowest BCUT2D eigenvalue weighted by Crippen LogP contribution is -2.32. The summed E-state index contributed by atoms with van der Waals surface area (Å²) >= 11 is 3.24. The molecule has 1 unspecified atom stereocenters. The highest BCUT2D eigenvalue weighted by Crippen LogP contribution is 2.18. The first kappa shape index (κ1) is 10.9. The maximum Gasteiger partial charge on any atom is 0.320 e. The van der Waals surface area contributed by atoms with Crippen LogP contribution in [0.25, 0.3) is 0 Å². The molecule has 1 rings (SSSR count). The number of pyridine rings is 1. The van der Waals surface area contributed by atoms with Crippen LogP contribution in [0.2, 0.25) is 0 Å². The number of carboxylic acids is 1. The van der Waals surface area contributed by atoms with E-state index in [-0.39, 0.29) is 6.42 Å². The van der Waals surface area contributed by atoms with Crippen LogP contribution >= 0.6 is 15.9 Å². The highest BCUT2D eigenvalue weighted by atomic mass is 79.9. The molecule has 0 aliphatic rings. The summed E-state index contributed by atoms with van der Waals surface area (Å²) in [7, 11) is 0. The zero-order chi connectivity index (χ0) is 10.7. The Kier molecular flexibility index (Phi) is 3.43. The van der Waals surface area contributed by atoms with E-state index in [2.05, 4.69) is 20.9 Å².